The Morgan fingerprint density at radius 1 is 1.48 bits per heavy atom. The Balaban J connectivity index is 2.04. The van der Waals surface area contributed by atoms with Crippen LogP contribution in [-0.2, 0) is 4.79 Å². The van der Waals surface area contributed by atoms with Gasteiger partial charge < -0.3 is 16.0 Å². The number of nitrogens with one attached hydrogen (secondary N) is 1. The molecule has 5 heteroatoms. The minimum absolute atomic E-state index is 0.0460. The van der Waals surface area contributed by atoms with Gasteiger partial charge in [0.05, 0.1) is 10.9 Å². The fourth-order valence-corrected chi connectivity index (χ4v) is 3.15. The number of hydrogen-bond acceptors (Lipinski definition) is 3. The van der Waals surface area contributed by atoms with E-state index in [0.29, 0.717) is 4.99 Å². The van der Waals surface area contributed by atoms with Crippen LogP contribution in [0, 0.1) is 5.92 Å². The number of rotatable bonds is 5. The molecule has 3 N–H and O–H groups in total. The predicted molar refractivity (Wildman–Crippen MR) is 89.2 cm³/mol. The lowest BCUT2D eigenvalue weighted by Crippen LogP contribution is -2.44. The molecular formula is C16H23N3OS. The van der Waals surface area contributed by atoms with Crippen LogP contribution in [0.2, 0.25) is 0 Å². The Bertz CT molecular complexity index is 492. The van der Waals surface area contributed by atoms with Crippen molar-refractivity contribution in [3.63, 3.8) is 0 Å². The van der Waals surface area contributed by atoms with Crippen molar-refractivity contribution in [2.75, 3.05) is 26.7 Å². The summed E-state index contributed by atoms with van der Waals surface area (Å²) in [5.41, 5.74) is 7.08. The highest BCUT2D eigenvalue weighted by atomic mass is 32.1. The zero-order valence-electron chi connectivity index (χ0n) is 12.4. The molecule has 1 amide bonds. The van der Waals surface area contributed by atoms with Gasteiger partial charge in [0.1, 0.15) is 0 Å². The van der Waals surface area contributed by atoms with E-state index in [9.17, 15) is 4.79 Å². The lowest BCUT2D eigenvalue weighted by atomic mass is 9.94. The van der Waals surface area contributed by atoms with Gasteiger partial charge >= 0.3 is 0 Å². The maximum absolute atomic E-state index is 11.8. The maximum atomic E-state index is 11.8. The molecule has 1 aliphatic rings. The summed E-state index contributed by atoms with van der Waals surface area (Å²) in [6, 6.07) is 10.1. The summed E-state index contributed by atoms with van der Waals surface area (Å²) in [7, 11) is 1.70. The fraction of sp³-hybridized carbons (Fsp3) is 0.500. The second-order valence-corrected chi connectivity index (χ2v) is 6.05. The minimum Gasteiger partial charge on any atom is -0.393 e. The second kappa shape index (κ2) is 7.52. The summed E-state index contributed by atoms with van der Waals surface area (Å²) in [6.45, 7) is 2.57. The third kappa shape index (κ3) is 4.25. The highest BCUT2D eigenvalue weighted by Crippen LogP contribution is 2.22. The number of nitrogens with two attached hydrogens (primary N) is 1. The van der Waals surface area contributed by atoms with Crippen LogP contribution in [0.25, 0.3) is 0 Å². The van der Waals surface area contributed by atoms with E-state index < -0.39 is 0 Å². The largest absolute Gasteiger partial charge is 0.393 e. The van der Waals surface area contributed by atoms with Gasteiger partial charge in [-0.1, -0.05) is 42.5 Å². The Morgan fingerprint density at radius 2 is 2.19 bits per heavy atom. The van der Waals surface area contributed by atoms with Gasteiger partial charge in [-0.05, 0) is 24.9 Å². The van der Waals surface area contributed by atoms with E-state index in [0.717, 1.165) is 38.0 Å². The van der Waals surface area contributed by atoms with Crippen molar-refractivity contribution < 1.29 is 4.79 Å². The average molecular weight is 305 g/mol. The van der Waals surface area contributed by atoms with Crippen molar-refractivity contribution in [2.24, 2.45) is 11.7 Å². The van der Waals surface area contributed by atoms with E-state index >= 15 is 0 Å². The summed E-state index contributed by atoms with van der Waals surface area (Å²) in [5, 5.41) is 2.75. The van der Waals surface area contributed by atoms with Gasteiger partial charge in [0.2, 0.25) is 5.91 Å². The van der Waals surface area contributed by atoms with Gasteiger partial charge in [-0.3, -0.25) is 4.79 Å². The molecule has 1 aromatic rings. The zero-order chi connectivity index (χ0) is 15.2. The SMILES string of the molecule is CNC(=O)C1CCCN(CC(C(N)=S)c2ccccc2)C1. The maximum Gasteiger partial charge on any atom is 0.224 e. The van der Waals surface area contributed by atoms with Crippen molar-refractivity contribution in [3.05, 3.63) is 35.9 Å². The topological polar surface area (TPSA) is 58.4 Å². The summed E-state index contributed by atoms with van der Waals surface area (Å²) < 4.78 is 0. The lowest BCUT2D eigenvalue weighted by Gasteiger charge is -2.34. The molecule has 4 nitrogen and oxygen atoms in total. The number of piperidine rings is 1. The molecule has 2 unspecified atom stereocenters. The molecule has 0 bridgehead atoms. The van der Waals surface area contributed by atoms with Gasteiger partial charge in [-0.2, -0.15) is 0 Å². The summed E-state index contributed by atoms with van der Waals surface area (Å²) >= 11 is 5.24. The van der Waals surface area contributed by atoms with Gasteiger partial charge in [0.25, 0.3) is 0 Å². The van der Waals surface area contributed by atoms with E-state index in [4.69, 9.17) is 18.0 Å². The highest BCUT2D eigenvalue weighted by molar-refractivity contribution is 7.80. The van der Waals surface area contributed by atoms with E-state index in [1.54, 1.807) is 7.05 Å². The van der Waals surface area contributed by atoms with Gasteiger partial charge in [-0.25, -0.2) is 0 Å². The van der Waals surface area contributed by atoms with Crippen LogP contribution in [0.1, 0.15) is 24.3 Å². The molecule has 1 aliphatic heterocycles. The Kier molecular flexibility index (Phi) is 5.70. The van der Waals surface area contributed by atoms with Crippen molar-refractivity contribution >= 4 is 23.1 Å². The molecule has 0 saturated carbocycles. The van der Waals surface area contributed by atoms with E-state index in [1.807, 2.05) is 18.2 Å². The normalized spacial score (nSPS) is 20.7. The molecule has 0 radical (unpaired) electrons. The number of carbonyl (C=O) groups excluding carboxylic acids is 1. The van der Waals surface area contributed by atoms with Crippen LogP contribution in [-0.4, -0.2) is 42.5 Å². The van der Waals surface area contributed by atoms with Gasteiger partial charge in [0, 0.05) is 26.1 Å². The van der Waals surface area contributed by atoms with E-state index in [2.05, 4.69) is 22.3 Å². The standard InChI is InChI=1S/C16H23N3OS/c1-18-16(20)13-8-5-9-19(10-13)11-14(15(17)21)12-6-3-2-4-7-12/h2-4,6-7,13-14H,5,8-11H2,1H3,(H2,17,21)(H,18,20). The average Bonchev–Trinajstić information content (AvgIpc) is 2.52. The Morgan fingerprint density at radius 3 is 2.81 bits per heavy atom. The number of hydrogen-bond donors (Lipinski definition) is 2. The molecular weight excluding hydrogens is 282 g/mol. The molecule has 2 rings (SSSR count). The van der Waals surface area contributed by atoms with Crippen molar-refractivity contribution in [1.82, 2.24) is 10.2 Å². The van der Waals surface area contributed by atoms with E-state index in [-0.39, 0.29) is 17.7 Å². The quantitative estimate of drug-likeness (QED) is 0.810. The molecule has 1 aromatic carbocycles. The van der Waals surface area contributed by atoms with Crippen LogP contribution < -0.4 is 11.1 Å². The number of thiocarbonyl (C=S) groups is 1. The molecule has 0 aromatic heterocycles. The lowest BCUT2D eigenvalue weighted by molar-refractivity contribution is -0.126. The van der Waals surface area contributed by atoms with Crippen molar-refractivity contribution in [1.29, 1.82) is 0 Å². The fourth-order valence-electron chi connectivity index (χ4n) is 2.94. The smallest absolute Gasteiger partial charge is 0.224 e. The number of likely N-dealkylation sites (tertiary alicyclic amines) is 1. The van der Waals surface area contributed by atoms with E-state index in [1.165, 1.54) is 0 Å². The van der Waals surface area contributed by atoms with Crippen LogP contribution in [0.4, 0.5) is 0 Å². The molecule has 2 atom stereocenters. The predicted octanol–water partition coefficient (Wildman–Crippen LogP) is 1.51. The van der Waals surface area contributed by atoms with Gasteiger partial charge in [-0.15, -0.1) is 0 Å². The first-order valence-electron chi connectivity index (χ1n) is 7.40. The zero-order valence-corrected chi connectivity index (χ0v) is 13.2. The number of carbonyl (C=O) groups is 1. The van der Waals surface area contributed by atoms with Crippen molar-refractivity contribution in [2.45, 2.75) is 18.8 Å². The number of benzene rings is 1. The monoisotopic (exact) mass is 305 g/mol. The molecule has 0 spiro atoms. The first-order valence-corrected chi connectivity index (χ1v) is 7.81. The number of amides is 1. The first-order chi connectivity index (χ1) is 10.1. The molecule has 21 heavy (non-hydrogen) atoms. The third-order valence-corrected chi connectivity index (χ3v) is 4.39. The Hall–Kier alpha value is -1.46. The van der Waals surface area contributed by atoms with Crippen molar-refractivity contribution in [3.8, 4) is 0 Å². The summed E-state index contributed by atoms with van der Waals surface area (Å²) in [5.74, 6) is 0.252. The highest BCUT2D eigenvalue weighted by Gasteiger charge is 2.27. The molecule has 1 fully saturated rings. The molecule has 114 valence electrons. The third-order valence-electron chi connectivity index (χ3n) is 4.11. The molecule has 1 heterocycles. The van der Waals surface area contributed by atoms with Crippen LogP contribution >= 0.6 is 12.2 Å². The first kappa shape index (κ1) is 15.9. The minimum atomic E-state index is 0.0460. The second-order valence-electron chi connectivity index (χ2n) is 5.58. The summed E-state index contributed by atoms with van der Waals surface area (Å²) in [4.78, 5) is 14.6. The number of nitrogens with zero attached hydrogens (tertiary/aromatic N) is 1. The van der Waals surface area contributed by atoms with Crippen LogP contribution in [0.3, 0.4) is 0 Å². The molecule has 1 saturated heterocycles. The van der Waals surface area contributed by atoms with Crippen LogP contribution in [0.15, 0.2) is 30.3 Å². The Labute approximate surface area is 131 Å². The van der Waals surface area contributed by atoms with Gasteiger partial charge in [0.15, 0.2) is 0 Å². The summed E-state index contributed by atoms with van der Waals surface area (Å²) in [6.07, 6.45) is 2.00. The van der Waals surface area contributed by atoms with Crippen LogP contribution in [0.5, 0.6) is 0 Å². The molecule has 0 aliphatic carbocycles.